The molecule has 0 aliphatic heterocycles. The molecule has 4 nitrogen and oxygen atoms in total. The third-order valence-electron chi connectivity index (χ3n) is 7.25. The molecule has 0 atom stereocenters. The Labute approximate surface area is 233 Å². The molecule has 0 aliphatic rings. The van der Waals surface area contributed by atoms with Crippen molar-refractivity contribution >= 4 is 11.4 Å². The van der Waals surface area contributed by atoms with E-state index in [1.54, 1.807) is 6.07 Å². The molecule has 0 unspecified atom stereocenters. The summed E-state index contributed by atoms with van der Waals surface area (Å²) in [5.41, 5.74) is 23.0. The lowest BCUT2D eigenvalue weighted by Gasteiger charge is -2.26. The quantitative estimate of drug-likeness (QED) is 0.135. The summed E-state index contributed by atoms with van der Waals surface area (Å²) in [6.45, 7) is 0. The van der Waals surface area contributed by atoms with E-state index in [0.717, 1.165) is 38.9 Å². The van der Waals surface area contributed by atoms with Crippen molar-refractivity contribution in [3.05, 3.63) is 133 Å². The summed E-state index contributed by atoms with van der Waals surface area (Å²) in [5.74, 6) is -0.423. The zero-order chi connectivity index (χ0) is 27.6. The van der Waals surface area contributed by atoms with Gasteiger partial charge in [0.1, 0.15) is 0 Å². The largest absolute Gasteiger partial charge is 0.504 e. The highest BCUT2D eigenvalue weighted by Crippen LogP contribution is 2.55. The van der Waals surface area contributed by atoms with Gasteiger partial charge >= 0.3 is 0 Å². The first-order valence-corrected chi connectivity index (χ1v) is 13.1. The van der Waals surface area contributed by atoms with Gasteiger partial charge in [-0.1, -0.05) is 121 Å². The average molecular weight is 521 g/mol. The second-order valence-electron chi connectivity index (χ2n) is 9.65. The van der Waals surface area contributed by atoms with Crippen LogP contribution in [0, 0.1) is 0 Å². The van der Waals surface area contributed by atoms with E-state index >= 15 is 0 Å². The van der Waals surface area contributed by atoms with E-state index in [1.165, 1.54) is 6.07 Å². The highest BCUT2D eigenvalue weighted by Gasteiger charge is 2.28. The minimum atomic E-state index is -0.214. The summed E-state index contributed by atoms with van der Waals surface area (Å²) < 4.78 is 0. The molecule has 194 valence electrons. The lowest BCUT2D eigenvalue weighted by molar-refractivity contribution is 0.405. The second kappa shape index (κ2) is 10.4. The molecule has 0 aliphatic carbocycles. The third-order valence-corrected chi connectivity index (χ3v) is 7.25. The molecule has 0 radical (unpaired) electrons. The Hall–Kier alpha value is -5.48. The number of phenols is 2. The van der Waals surface area contributed by atoms with E-state index in [-0.39, 0.29) is 11.5 Å². The molecule has 0 bridgehead atoms. The Morgan fingerprint density at radius 1 is 0.350 bits per heavy atom. The van der Waals surface area contributed by atoms with E-state index in [0.29, 0.717) is 28.1 Å². The van der Waals surface area contributed by atoms with Crippen LogP contribution < -0.4 is 11.5 Å². The van der Waals surface area contributed by atoms with Gasteiger partial charge in [-0.05, 0) is 39.9 Å². The molecular formula is C36H28N2O2. The number of hydrogen-bond acceptors (Lipinski definition) is 4. The highest BCUT2D eigenvalue weighted by atomic mass is 16.3. The molecule has 6 aromatic carbocycles. The number of nitrogens with two attached hydrogens (primary N) is 2. The van der Waals surface area contributed by atoms with Gasteiger partial charge < -0.3 is 21.7 Å². The monoisotopic (exact) mass is 520 g/mol. The van der Waals surface area contributed by atoms with E-state index in [9.17, 15) is 10.2 Å². The van der Waals surface area contributed by atoms with Crippen molar-refractivity contribution in [2.45, 2.75) is 0 Å². The van der Waals surface area contributed by atoms with E-state index < -0.39 is 0 Å². The number of hydrogen-bond donors (Lipinski definition) is 4. The summed E-state index contributed by atoms with van der Waals surface area (Å²) in [6, 6.07) is 43.0. The molecule has 0 fully saturated rings. The first kappa shape index (κ1) is 24.8. The van der Waals surface area contributed by atoms with Gasteiger partial charge in [-0.25, -0.2) is 0 Å². The minimum Gasteiger partial charge on any atom is -0.504 e. The Morgan fingerprint density at radius 2 is 0.700 bits per heavy atom. The molecule has 6 N–H and O–H groups in total. The molecule has 40 heavy (non-hydrogen) atoms. The molecule has 6 aromatic rings. The van der Waals surface area contributed by atoms with Crippen LogP contribution in [0.5, 0.6) is 11.5 Å². The molecule has 0 amide bonds. The van der Waals surface area contributed by atoms with E-state index in [1.807, 2.05) is 97.1 Å². The lowest BCUT2D eigenvalue weighted by Crippen LogP contribution is -2.06. The van der Waals surface area contributed by atoms with Crippen molar-refractivity contribution in [2.24, 2.45) is 0 Å². The Morgan fingerprint density at radius 3 is 1.15 bits per heavy atom. The van der Waals surface area contributed by atoms with Crippen LogP contribution in [0.15, 0.2) is 133 Å². The van der Waals surface area contributed by atoms with Crippen LogP contribution in [0.3, 0.4) is 0 Å². The third kappa shape index (κ3) is 4.22. The Bertz CT molecular complexity index is 1800. The van der Waals surface area contributed by atoms with Crippen LogP contribution in [0.1, 0.15) is 0 Å². The first-order valence-electron chi connectivity index (χ1n) is 13.1. The number of benzene rings is 6. The molecule has 0 heterocycles. The van der Waals surface area contributed by atoms with Crippen LogP contribution in [0.2, 0.25) is 0 Å². The van der Waals surface area contributed by atoms with Crippen molar-refractivity contribution in [1.29, 1.82) is 0 Å². The van der Waals surface area contributed by atoms with Crippen LogP contribution >= 0.6 is 0 Å². The van der Waals surface area contributed by atoms with Crippen LogP contribution in [-0.4, -0.2) is 10.2 Å². The van der Waals surface area contributed by atoms with Crippen LogP contribution in [0.25, 0.3) is 55.6 Å². The molecular weight excluding hydrogens is 492 g/mol. The summed E-state index contributed by atoms with van der Waals surface area (Å²) in [6.07, 6.45) is 0. The standard InChI is InChI=1S/C36H28N2O2/c37-34-32(26-19-11-4-12-20-26)30(24-15-7-2-8-16-24)31(25-17-9-3-10-18-25)33(35(34)38)27-21-22-28(39)36(40)29(27)23-13-5-1-6-14-23/h1-22,39-40H,37-38H2. The zero-order valence-electron chi connectivity index (χ0n) is 21.8. The number of rotatable bonds is 5. The van der Waals surface area contributed by atoms with Crippen molar-refractivity contribution in [2.75, 3.05) is 11.5 Å². The summed E-state index contributed by atoms with van der Waals surface area (Å²) >= 11 is 0. The van der Waals surface area contributed by atoms with Crippen LogP contribution in [0.4, 0.5) is 11.4 Å². The van der Waals surface area contributed by atoms with E-state index in [2.05, 4.69) is 24.3 Å². The molecule has 4 heteroatoms. The van der Waals surface area contributed by atoms with E-state index in [4.69, 9.17) is 11.5 Å². The van der Waals surface area contributed by atoms with Gasteiger partial charge in [0.15, 0.2) is 11.5 Å². The van der Waals surface area contributed by atoms with Gasteiger partial charge in [-0.15, -0.1) is 0 Å². The first-order chi connectivity index (χ1) is 19.6. The molecule has 0 spiro atoms. The maximum Gasteiger partial charge on any atom is 0.166 e. The maximum absolute atomic E-state index is 11.2. The predicted molar refractivity (Wildman–Crippen MR) is 166 cm³/mol. The fourth-order valence-electron chi connectivity index (χ4n) is 5.45. The number of phenolic OH excluding ortho intramolecular Hbond substituents is 2. The summed E-state index contributed by atoms with van der Waals surface area (Å²) in [4.78, 5) is 0. The normalized spacial score (nSPS) is 10.9. The zero-order valence-corrected chi connectivity index (χ0v) is 21.8. The SMILES string of the molecule is Nc1c(N)c(-c2ccc(O)c(O)c2-c2ccccc2)c(-c2ccccc2)c(-c2ccccc2)c1-c1ccccc1. The predicted octanol–water partition coefficient (Wildman–Crippen LogP) is 8.60. The van der Waals surface area contributed by atoms with Crippen molar-refractivity contribution < 1.29 is 10.2 Å². The molecule has 0 saturated carbocycles. The smallest absolute Gasteiger partial charge is 0.166 e. The van der Waals surface area contributed by atoms with Crippen molar-refractivity contribution in [3.63, 3.8) is 0 Å². The van der Waals surface area contributed by atoms with Crippen molar-refractivity contribution in [3.8, 4) is 67.1 Å². The second-order valence-corrected chi connectivity index (χ2v) is 9.65. The Balaban J connectivity index is 1.84. The lowest BCUT2D eigenvalue weighted by atomic mass is 9.79. The summed E-state index contributed by atoms with van der Waals surface area (Å²) in [5, 5.41) is 21.8. The van der Waals surface area contributed by atoms with Crippen molar-refractivity contribution in [1.82, 2.24) is 0 Å². The number of anilines is 2. The fraction of sp³-hybridized carbons (Fsp3) is 0. The Kier molecular flexibility index (Phi) is 6.43. The summed E-state index contributed by atoms with van der Waals surface area (Å²) in [7, 11) is 0. The van der Waals surface area contributed by atoms with Gasteiger partial charge in [0.05, 0.1) is 11.4 Å². The van der Waals surface area contributed by atoms with Gasteiger partial charge in [0.25, 0.3) is 0 Å². The number of aromatic hydroxyl groups is 2. The van der Waals surface area contributed by atoms with Gasteiger partial charge in [0.2, 0.25) is 0 Å². The topological polar surface area (TPSA) is 92.5 Å². The number of nitrogen functional groups attached to an aromatic ring is 2. The maximum atomic E-state index is 11.2. The minimum absolute atomic E-state index is 0.209. The van der Waals surface area contributed by atoms with Gasteiger partial charge in [0, 0.05) is 27.8 Å². The molecule has 6 rings (SSSR count). The molecule has 0 aromatic heterocycles. The molecule has 0 saturated heterocycles. The average Bonchev–Trinajstić information content (AvgIpc) is 3.01. The van der Waals surface area contributed by atoms with Crippen LogP contribution in [-0.2, 0) is 0 Å². The fourth-order valence-corrected chi connectivity index (χ4v) is 5.45. The highest BCUT2D eigenvalue weighted by molar-refractivity contribution is 6.13. The van der Waals surface area contributed by atoms with Gasteiger partial charge in [-0.3, -0.25) is 0 Å². The van der Waals surface area contributed by atoms with Gasteiger partial charge in [-0.2, -0.15) is 0 Å².